The number of nitrogens with one attached hydrogen (secondary N) is 1. The molecular weight excluding hydrogens is 98.1 g/mol. The standard InChI is InChI=1S/C7H14N/c1-6(2)5-7(3)8-4/h6-8H,5H2,1-3H3. The molecule has 1 N–H and O–H groups in total. The summed E-state index contributed by atoms with van der Waals surface area (Å²) >= 11 is 0. The highest BCUT2D eigenvalue weighted by atomic mass is 14.8. The average Bonchev–Trinajstić information content (AvgIpc) is 1.65. The summed E-state index contributed by atoms with van der Waals surface area (Å²) in [5, 5.41) is 2.45. The monoisotopic (exact) mass is 112 g/mol. The predicted molar refractivity (Wildman–Crippen MR) is 35.3 cm³/mol. The summed E-state index contributed by atoms with van der Waals surface area (Å²) in [6.45, 7) is 6.34. The Labute approximate surface area is 52.5 Å². The quantitative estimate of drug-likeness (QED) is 0.584. The minimum Gasteiger partial charge on any atom is -0.304 e. The van der Waals surface area contributed by atoms with Gasteiger partial charge in [0, 0.05) is 6.04 Å². The van der Waals surface area contributed by atoms with Gasteiger partial charge in [0.1, 0.15) is 0 Å². The molecule has 47 valence electrons. The predicted octanol–water partition coefficient (Wildman–Crippen LogP) is 1.56. The van der Waals surface area contributed by atoms with Crippen molar-refractivity contribution in [2.24, 2.45) is 5.92 Å². The van der Waals surface area contributed by atoms with Crippen molar-refractivity contribution in [3.05, 3.63) is 7.05 Å². The molecule has 1 nitrogen and oxygen atoms in total. The van der Waals surface area contributed by atoms with Gasteiger partial charge >= 0.3 is 0 Å². The van der Waals surface area contributed by atoms with Crippen molar-refractivity contribution in [1.82, 2.24) is 5.32 Å². The van der Waals surface area contributed by atoms with Crippen LogP contribution >= 0.6 is 0 Å². The number of rotatable bonds is 3. The van der Waals surface area contributed by atoms with Crippen LogP contribution in [0.15, 0.2) is 0 Å². The molecule has 0 aliphatic rings. The molecule has 0 fully saturated rings. The zero-order valence-corrected chi connectivity index (χ0v) is 5.86. The molecule has 1 heteroatoms. The van der Waals surface area contributed by atoms with Crippen molar-refractivity contribution in [1.29, 1.82) is 0 Å². The third-order valence-electron chi connectivity index (χ3n) is 1.07. The lowest BCUT2D eigenvalue weighted by atomic mass is 10.1. The second-order valence-corrected chi connectivity index (χ2v) is 2.67. The molecule has 0 saturated carbocycles. The summed E-state index contributed by atoms with van der Waals surface area (Å²) in [5.74, 6) is 0.697. The molecule has 0 bridgehead atoms. The highest BCUT2D eigenvalue weighted by Gasteiger charge is 1.99. The fourth-order valence-electron chi connectivity index (χ4n) is 0.766. The molecule has 0 aliphatic heterocycles. The SMILES string of the molecule is [C]NC(C)CC(C)C. The molecule has 1 unspecified atom stereocenters. The van der Waals surface area contributed by atoms with E-state index < -0.39 is 0 Å². The minimum atomic E-state index is 0.343. The van der Waals surface area contributed by atoms with Crippen molar-refractivity contribution in [3.63, 3.8) is 0 Å². The zero-order chi connectivity index (χ0) is 6.57. The van der Waals surface area contributed by atoms with Crippen molar-refractivity contribution in [2.75, 3.05) is 0 Å². The van der Waals surface area contributed by atoms with Crippen molar-refractivity contribution in [3.8, 4) is 0 Å². The van der Waals surface area contributed by atoms with Crippen LogP contribution < -0.4 is 5.32 Å². The maximum atomic E-state index is 6.75. The Bertz CT molecular complexity index is 50.3. The van der Waals surface area contributed by atoms with Crippen LogP contribution in [0.4, 0.5) is 0 Å². The fourth-order valence-corrected chi connectivity index (χ4v) is 0.766. The summed E-state index contributed by atoms with van der Waals surface area (Å²) in [4.78, 5) is 0. The van der Waals surface area contributed by atoms with Gasteiger partial charge in [0.15, 0.2) is 0 Å². The largest absolute Gasteiger partial charge is 0.304 e. The van der Waals surface area contributed by atoms with Crippen LogP contribution in [-0.2, 0) is 0 Å². The van der Waals surface area contributed by atoms with Crippen LogP contribution in [-0.4, -0.2) is 6.04 Å². The summed E-state index contributed by atoms with van der Waals surface area (Å²) in [7, 11) is 6.75. The Morgan fingerprint density at radius 3 is 2.00 bits per heavy atom. The molecule has 0 heterocycles. The van der Waals surface area contributed by atoms with Crippen LogP contribution in [0, 0.1) is 13.0 Å². The second-order valence-electron chi connectivity index (χ2n) is 2.67. The van der Waals surface area contributed by atoms with Crippen LogP contribution in [0.2, 0.25) is 0 Å². The maximum absolute atomic E-state index is 6.75. The minimum absolute atomic E-state index is 0.343. The number of hydrogen-bond donors (Lipinski definition) is 1. The van der Waals surface area contributed by atoms with E-state index in [4.69, 9.17) is 7.05 Å². The van der Waals surface area contributed by atoms with Crippen LogP contribution in [0.25, 0.3) is 0 Å². The Hall–Kier alpha value is -0.0400. The first-order chi connectivity index (χ1) is 3.66. The molecule has 0 aromatic carbocycles. The first-order valence-electron chi connectivity index (χ1n) is 3.09. The van der Waals surface area contributed by atoms with E-state index in [1.165, 1.54) is 0 Å². The van der Waals surface area contributed by atoms with Gasteiger partial charge in [0.2, 0.25) is 0 Å². The van der Waals surface area contributed by atoms with Crippen molar-refractivity contribution < 1.29 is 0 Å². The molecule has 8 heavy (non-hydrogen) atoms. The molecule has 0 aromatic heterocycles. The smallest absolute Gasteiger partial charge is 0.0853 e. The van der Waals surface area contributed by atoms with Crippen molar-refractivity contribution in [2.45, 2.75) is 33.2 Å². The average molecular weight is 112 g/mol. The van der Waals surface area contributed by atoms with E-state index in [2.05, 4.69) is 19.2 Å². The zero-order valence-electron chi connectivity index (χ0n) is 5.86. The Morgan fingerprint density at radius 2 is 1.88 bits per heavy atom. The molecule has 0 aromatic rings. The third-order valence-corrected chi connectivity index (χ3v) is 1.07. The van der Waals surface area contributed by atoms with E-state index >= 15 is 0 Å². The number of hydrogen-bond acceptors (Lipinski definition) is 1. The summed E-state index contributed by atoms with van der Waals surface area (Å²) < 4.78 is 0. The van der Waals surface area contributed by atoms with E-state index in [0.717, 1.165) is 6.42 Å². The van der Waals surface area contributed by atoms with Gasteiger partial charge in [0.05, 0.1) is 7.05 Å². The van der Waals surface area contributed by atoms with Crippen LogP contribution in [0.5, 0.6) is 0 Å². The first-order valence-corrected chi connectivity index (χ1v) is 3.09. The van der Waals surface area contributed by atoms with Crippen molar-refractivity contribution >= 4 is 0 Å². The molecule has 3 radical (unpaired) electrons. The van der Waals surface area contributed by atoms with Gasteiger partial charge in [-0.05, 0) is 19.3 Å². The molecule has 1 atom stereocenters. The van der Waals surface area contributed by atoms with E-state index in [1.54, 1.807) is 0 Å². The van der Waals surface area contributed by atoms with Gasteiger partial charge in [-0.1, -0.05) is 13.8 Å². The fraction of sp³-hybridized carbons (Fsp3) is 0.857. The molecule has 0 rings (SSSR count). The van der Waals surface area contributed by atoms with Crippen LogP contribution in [0.3, 0.4) is 0 Å². The lowest BCUT2D eigenvalue weighted by molar-refractivity contribution is 0.479. The third kappa shape index (κ3) is 4.13. The summed E-state index contributed by atoms with van der Waals surface area (Å²) in [6, 6.07) is 0.343. The molecular formula is C7H14N. The van der Waals surface area contributed by atoms with Gasteiger partial charge in [-0.15, -0.1) is 0 Å². The van der Waals surface area contributed by atoms with Gasteiger partial charge < -0.3 is 5.32 Å². The van der Waals surface area contributed by atoms with Gasteiger partial charge in [-0.3, -0.25) is 0 Å². The Morgan fingerprint density at radius 1 is 1.38 bits per heavy atom. The Kier molecular flexibility index (Phi) is 3.88. The maximum Gasteiger partial charge on any atom is 0.0853 e. The molecule has 0 spiro atoms. The summed E-state index contributed by atoms with van der Waals surface area (Å²) in [5.41, 5.74) is 0. The van der Waals surface area contributed by atoms with E-state index in [1.807, 2.05) is 6.92 Å². The van der Waals surface area contributed by atoms with E-state index in [9.17, 15) is 0 Å². The van der Waals surface area contributed by atoms with Crippen LogP contribution in [0.1, 0.15) is 27.2 Å². The lowest BCUT2D eigenvalue weighted by Gasteiger charge is -2.10. The Balaban J connectivity index is 3.10. The topological polar surface area (TPSA) is 12.0 Å². The van der Waals surface area contributed by atoms with Gasteiger partial charge in [0.25, 0.3) is 0 Å². The summed E-state index contributed by atoms with van der Waals surface area (Å²) in [6.07, 6.45) is 1.09. The van der Waals surface area contributed by atoms with E-state index in [0.29, 0.717) is 12.0 Å². The van der Waals surface area contributed by atoms with E-state index in [-0.39, 0.29) is 0 Å². The molecule has 0 amide bonds. The molecule has 0 aliphatic carbocycles. The second kappa shape index (κ2) is 3.90. The lowest BCUT2D eigenvalue weighted by Crippen LogP contribution is -2.20. The highest BCUT2D eigenvalue weighted by Crippen LogP contribution is 2.02. The first kappa shape index (κ1) is 7.96. The van der Waals surface area contributed by atoms with Gasteiger partial charge in [-0.2, -0.15) is 0 Å². The van der Waals surface area contributed by atoms with Gasteiger partial charge in [-0.25, -0.2) is 0 Å². The molecule has 0 saturated heterocycles. The highest BCUT2D eigenvalue weighted by molar-refractivity contribution is 4.60. The normalized spacial score (nSPS) is 14.6.